The Morgan fingerprint density at radius 2 is 0.786 bits per heavy atom. The number of hydrogen-bond donors (Lipinski definition) is 0. The molecule has 0 spiro atoms. The summed E-state index contributed by atoms with van der Waals surface area (Å²) >= 11 is 3.36. The van der Waals surface area contributed by atoms with Crippen LogP contribution in [0.4, 0.5) is 0 Å². The first kappa shape index (κ1) is 28.1. The highest BCUT2D eigenvalue weighted by Gasteiger charge is 2.19. The van der Waals surface area contributed by atoms with Crippen molar-refractivity contribution in [2.75, 3.05) is 0 Å². The van der Waals surface area contributed by atoms with Crippen molar-refractivity contribution in [3.8, 4) is 22.5 Å². The van der Waals surface area contributed by atoms with E-state index in [-0.39, 0.29) is 0 Å². The van der Waals surface area contributed by atoms with E-state index in [0.717, 1.165) is 46.6 Å². The highest BCUT2D eigenvalue weighted by atomic mass is 32.2. The number of aryl methyl sites for hydroxylation is 2. The number of aromatic nitrogens is 2. The molecule has 0 fully saturated rings. The average Bonchev–Trinajstić information content (AvgIpc) is 3.54. The summed E-state index contributed by atoms with van der Waals surface area (Å²) in [6.45, 7) is 4.37. The summed E-state index contributed by atoms with van der Waals surface area (Å²) in [4.78, 5) is 39.2. The molecule has 0 radical (unpaired) electrons. The molecule has 42 heavy (non-hydrogen) atoms. The fraction of sp³-hybridized carbons (Fsp3) is 0.167. The van der Waals surface area contributed by atoms with E-state index < -0.39 is 11.1 Å². The second-order valence-corrected chi connectivity index (χ2v) is 12.6. The predicted octanol–water partition coefficient (Wildman–Crippen LogP) is 8.34. The maximum atomic E-state index is 13.0. The summed E-state index contributed by atoms with van der Waals surface area (Å²) < 4.78 is 0. The van der Waals surface area contributed by atoms with Crippen LogP contribution in [0.3, 0.4) is 0 Å². The molecule has 6 heteroatoms. The van der Waals surface area contributed by atoms with Gasteiger partial charge in [0.05, 0.1) is 21.8 Å². The molecule has 0 aromatic heterocycles. The third kappa shape index (κ3) is 5.96. The van der Waals surface area contributed by atoms with Gasteiger partial charge in [-0.05, 0) is 72.5 Å². The van der Waals surface area contributed by atoms with Crippen molar-refractivity contribution in [2.24, 2.45) is 0 Å². The summed E-state index contributed by atoms with van der Waals surface area (Å²) in [6.07, 6.45) is 4.43. The zero-order valence-electron chi connectivity index (χ0n) is 23.6. The van der Waals surface area contributed by atoms with E-state index in [0.29, 0.717) is 21.8 Å². The normalized spacial score (nSPS) is 11.4. The quantitative estimate of drug-likeness (QED) is 0.161. The van der Waals surface area contributed by atoms with Gasteiger partial charge < -0.3 is 0 Å². The Morgan fingerprint density at radius 1 is 0.476 bits per heavy atom. The van der Waals surface area contributed by atoms with E-state index in [4.69, 9.17) is 0 Å². The Kier molecular flexibility index (Phi) is 8.36. The molecule has 0 amide bonds. The molecule has 0 saturated carbocycles. The lowest BCUT2D eigenvalue weighted by Crippen LogP contribution is -2.04. The molecule has 4 aromatic carbocycles. The number of hydrogen-bond acceptors (Lipinski definition) is 6. The third-order valence-electron chi connectivity index (χ3n) is 7.23. The smallest absolute Gasteiger partial charge is 0.267 e. The van der Waals surface area contributed by atoms with Crippen molar-refractivity contribution in [1.29, 1.82) is 0 Å². The molecule has 6 rings (SSSR count). The van der Waals surface area contributed by atoms with E-state index >= 15 is 0 Å². The Bertz CT molecular complexity index is 1810. The molecule has 2 aliphatic rings. The zero-order valence-corrected chi connectivity index (χ0v) is 25.2. The zero-order chi connectivity index (χ0) is 29.1. The van der Waals surface area contributed by atoms with Gasteiger partial charge in [-0.1, -0.05) is 98.7 Å². The van der Waals surface area contributed by atoms with Gasteiger partial charge in [-0.2, -0.15) is 0 Å². The van der Waals surface area contributed by atoms with Crippen LogP contribution in [0.2, 0.25) is 0 Å². The van der Waals surface area contributed by atoms with Gasteiger partial charge in [-0.3, -0.25) is 9.59 Å². The van der Waals surface area contributed by atoms with Crippen LogP contribution < -0.4 is 11.1 Å². The first-order chi connectivity index (χ1) is 20.5. The number of benzene rings is 4. The highest BCUT2D eigenvalue weighted by molar-refractivity contribution is 7.99. The van der Waals surface area contributed by atoms with Crippen LogP contribution in [-0.2, 0) is 12.8 Å². The highest BCUT2D eigenvalue weighted by Crippen LogP contribution is 2.32. The largest absolute Gasteiger partial charge is 0.280 e. The van der Waals surface area contributed by atoms with Crippen LogP contribution in [0.1, 0.15) is 37.8 Å². The first-order valence-electron chi connectivity index (χ1n) is 14.3. The van der Waals surface area contributed by atoms with Gasteiger partial charge in [0, 0.05) is 30.7 Å². The Labute approximate surface area is 253 Å². The monoisotopic (exact) mass is 586 g/mol. The second-order valence-electron chi connectivity index (χ2n) is 10.3. The van der Waals surface area contributed by atoms with Gasteiger partial charge in [0.2, 0.25) is 0 Å². The van der Waals surface area contributed by atoms with E-state index in [9.17, 15) is 9.59 Å². The van der Waals surface area contributed by atoms with Crippen LogP contribution in [0.15, 0.2) is 126 Å². The maximum Gasteiger partial charge on any atom is 0.280 e. The van der Waals surface area contributed by atoms with E-state index in [1.54, 1.807) is 23.5 Å². The fourth-order valence-corrected chi connectivity index (χ4v) is 6.79. The lowest BCUT2D eigenvalue weighted by Gasteiger charge is -2.05. The summed E-state index contributed by atoms with van der Waals surface area (Å²) in [5.41, 5.74) is 4.12. The average molecular weight is 587 g/mol. The summed E-state index contributed by atoms with van der Waals surface area (Å²) in [5, 5.41) is 0.597. The van der Waals surface area contributed by atoms with Crippen molar-refractivity contribution in [3.05, 3.63) is 139 Å². The van der Waals surface area contributed by atoms with Crippen LogP contribution in [0.25, 0.3) is 22.5 Å². The number of rotatable bonds is 10. The lowest BCUT2D eigenvalue weighted by atomic mass is 10.1. The third-order valence-corrected chi connectivity index (χ3v) is 9.26. The van der Waals surface area contributed by atoms with Gasteiger partial charge in [0.15, 0.2) is 0 Å². The predicted molar refractivity (Wildman–Crippen MR) is 172 cm³/mol. The topological polar surface area (TPSA) is 59.9 Å². The Morgan fingerprint density at radius 3 is 1.10 bits per heavy atom. The summed E-state index contributed by atoms with van der Waals surface area (Å²) in [6, 6.07) is 33.0. The van der Waals surface area contributed by atoms with E-state index in [1.807, 2.05) is 48.5 Å². The van der Waals surface area contributed by atoms with Gasteiger partial charge in [-0.25, -0.2) is 9.97 Å². The molecular weight excluding hydrogens is 557 g/mol. The lowest BCUT2D eigenvalue weighted by molar-refractivity contribution is 0.920. The Balaban J connectivity index is 1.23. The second kappa shape index (κ2) is 12.5. The molecule has 2 heterocycles. The van der Waals surface area contributed by atoms with E-state index in [1.165, 1.54) is 20.9 Å². The van der Waals surface area contributed by atoms with Crippen molar-refractivity contribution >= 4 is 23.5 Å². The van der Waals surface area contributed by atoms with Gasteiger partial charge in [0.1, 0.15) is 0 Å². The molecule has 0 unspecified atom stereocenters. The van der Waals surface area contributed by atoms with Gasteiger partial charge >= 0.3 is 0 Å². The fourth-order valence-electron chi connectivity index (χ4n) is 5.16. The van der Waals surface area contributed by atoms with Crippen LogP contribution in [-0.4, -0.2) is 9.97 Å². The molecule has 0 bridgehead atoms. The molecular formula is C36H30N2O2S2. The minimum atomic E-state index is -0.416. The van der Waals surface area contributed by atoms with Crippen molar-refractivity contribution < 1.29 is 0 Å². The van der Waals surface area contributed by atoms with Crippen molar-refractivity contribution in [3.63, 3.8) is 0 Å². The molecule has 4 aromatic rings. The number of nitrogens with zero attached hydrogens (tertiary/aromatic N) is 2. The molecule has 208 valence electrons. The van der Waals surface area contributed by atoms with Gasteiger partial charge in [0.25, 0.3) is 11.1 Å². The Hall–Kier alpha value is -4.00. The molecule has 0 aliphatic carbocycles. The minimum absolute atomic E-state index is 0.299. The molecule has 0 N–H and O–H groups in total. The SMILES string of the molecule is CCCc1ccc(Sc2ccc(-c3nc(=O)c4c(-c5ccc(Sc6ccc(CCC)cc6)cc5)nc(=O)c3=4)cc2)cc1. The van der Waals surface area contributed by atoms with Crippen molar-refractivity contribution in [1.82, 2.24) is 9.97 Å². The van der Waals surface area contributed by atoms with Crippen LogP contribution in [0, 0.1) is 10.4 Å². The van der Waals surface area contributed by atoms with Crippen LogP contribution in [0.5, 0.6) is 0 Å². The summed E-state index contributed by atoms with van der Waals surface area (Å²) in [5.74, 6) is 0. The summed E-state index contributed by atoms with van der Waals surface area (Å²) in [7, 11) is 0. The van der Waals surface area contributed by atoms with Gasteiger partial charge in [-0.15, -0.1) is 0 Å². The molecule has 0 saturated heterocycles. The first-order valence-corrected chi connectivity index (χ1v) is 15.9. The molecule has 0 atom stereocenters. The minimum Gasteiger partial charge on any atom is -0.267 e. The standard InChI is InChI=1S/C36H30N2O2S2/c1-3-5-23-7-15-27(16-8-23)41-29-19-11-25(12-20-29)33-31-32(36(40)37-33)34(38-35(31)39)26-13-21-30(22-14-26)42-28-17-9-24(6-4-2)10-18-28/h7-22H,3-6H2,1-2H3. The maximum absolute atomic E-state index is 13.0. The molecule has 2 aliphatic heterocycles. The van der Waals surface area contributed by atoms with Crippen LogP contribution >= 0.6 is 23.5 Å². The van der Waals surface area contributed by atoms with Crippen molar-refractivity contribution in [2.45, 2.75) is 59.1 Å². The molecule has 4 nitrogen and oxygen atoms in total. The van der Waals surface area contributed by atoms with E-state index in [2.05, 4.69) is 72.3 Å².